The number of nitrogens with zero attached hydrogens (tertiary/aromatic N) is 3. The van der Waals surface area contributed by atoms with Gasteiger partial charge >= 0.3 is 18.2 Å². The van der Waals surface area contributed by atoms with Gasteiger partial charge in [-0.25, -0.2) is 18.6 Å². The molecule has 0 radical (unpaired) electrons. The predicted octanol–water partition coefficient (Wildman–Crippen LogP) is 5.64. The number of benzene rings is 1. The van der Waals surface area contributed by atoms with Gasteiger partial charge in [-0.05, 0) is 58.6 Å². The van der Waals surface area contributed by atoms with Gasteiger partial charge in [0, 0.05) is 7.05 Å². The number of ether oxygens (including phenoxy) is 2. The Morgan fingerprint density at radius 1 is 1.09 bits per heavy atom. The van der Waals surface area contributed by atoms with Crippen LogP contribution >= 0.6 is 11.3 Å². The maximum absolute atomic E-state index is 14.6. The Bertz CT molecular complexity index is 1630. The maximum Gasteiger partial charge on any atom is 0.471 e. The third kappa shape index (κ3) is 6.63. The molecule has 242 valence electrons. The minimum atomic E-state index is -5.03. The molecule has 0 aliphatic carbocycles. The molecule has 45 heavy (non-hydrogen) atoms. The Labute approximate surface area is 257 Å². The van der Waals surface area contributed by atoms with Crippen LogP contribution in [0, 0.1) is 11.6 Å². The summed E-state index contributed by atoms with van der Waals surface area (Å²) in [4.78, 5) is 41.9. The second-order valence-electron chi connectivity index (χ2n) is 11.7. The van der Waals surface area contributed by atoms with Gasteiger partial charge in [0.25, 0.3) is 5.91 Å². The lowest BCUT2D eigenvalue weighted by Crippen LogP contribution is -2.51. The number of anilines is 2. The molecule has 2 aliphatic heterocycles. The number of hydrogen-bond acceptors (Lipinski definition) is 8. The summed E-state index contributed by atoms with van der Waals surface area (Å²) in [6, 6.07) is 2.38. The Balaban J connectivity index is 1.43. The highest BCUT2D eigenvalue weighted by molar-refractivity contribution is 7.19. The van der Waals surface area contributed by atoms with Gasteiger partial charge in [0.2, 0.25) is 0 Å². The Morgan fingerprint density at radius 3 is 2.40 bits per heavy atom. The number of alkyl halides is 3. The minimum absolute atomic E-state index is 0.138. The second kappa shape index (κ2) is 11.7. The maximum atomic E-state index is 14.6. The van der Waals surface area contributed by atoms with E-state index in [9.17, 15) is 36.3 Å². The van der Waals surface area contributed by atoms with Gasteiger partial charge in [0.1, 0.15) is 32.8 Å². The standard InChI is InChI=1S/C28H29F5N6O5S/c1-26(2,3)44-25(42)38-23-19(37-22(45-23)18-13(29)6-5-7-14(18)30)21(40)35-16-12-34-39(4)20(16)27-10-8-15(17(43-27)9-11-27)36-24(41)28(31,32)33/h5-7,12,15,17H,8-11H2,1-4H3,(H,35,40)(H,36,41)(H,38,42)/t15-,17-,27-/m1/s1. The number of nitrogens with one attached hydrogen (secondary N) is 3. The first kappa shape index (κ1) is 32.3. The van der Waals surface area contributed by atoms with E-state index in [0.717, 1.165) is 12.1 Å². The van der Waals surface area contributed by atoms with Gasteiger partial charge in [0.15, 0.2) is 5.69 Å². The van der Waals surface area contributed by atoms with Crippen LogP contribution in [0.1, 0.15) is 62.6 Å². The molecule has 0 unspecified atom stereocenters. The zero-order chi connectivity index (χ0) is 32.9. The number of amides is 3. The molecule has 2 fully saturated rings. The summed E-state index contributed by atoms with van der Waals surface area (Å²) in [5, 5.41) is 11.0. The predicted molar refractivity (Wildman–Crippen MR) is 151 cm³/mol. The largest absolute Gasteiger partial charge is 0.471 e. The van der Waals surface area contributed by atoms with Gasteiger partial charge in [-0.1, -0.05) is 17.4 Å². The molecule has 3 atom stereocenters. The van der Waals surface area contributed by atoms with Crippen LogP contribution in [-0.4, -0.2) is 56.6 Å². The smallest absolute Gasteiger partial charge is 0.444 e. The average Bonchev–Trinajstić information content (AvgIpc) is 3.60. The molecule has 3 N–H and O–H groups in total. The molecule has 0 spiro atoms. The Kier molecular flexibility index (Phi) is 8.37. The quantitative estimate of drug-likeness (QED) is 0.293. The number of aryl methyl sites for hydroxylation is 1. The van der Waals surface area contributed by atoms with Crippen molar-refractivity contribution in [3.8, 4) is 10.6 Å². The van der Waals surface area contributed by atoms with Crippen LogP contribution in [0.4, 0.5) is 37.4 Å². The molecule has 3 amide bonds. The summed E-state index contributed by atoms with van der Waals surface area (Å²) in [7, 11) is 1.60. The molecule has 5 rings (SSSR count). The van der Waals surface area contributed by atoms with Crippen LogP contribution in [0.3, 0.4) is 0 Å². The minimum Gasteiger partial charge on any atom is -0.444 e. The van der Waals surface area contributed by atoms with Crippen molar-refractivity contribution in [2.24, 2.45) is 7.05 Å². The van der Waals surface area contributed by atoms with Gasteiger partial charge < -0.3 is 20.1 Å². The number of aromatic nitrogens is 3. The summed E-state index contributed by atoms with van der Waals surface area (Å²) in [5.41, 5.74) is -2.16. The van der Waals surface area contributed by atoms with Crippen molar-refractivity contribution in [3.63, 3.8) is 0 Å². The highest BCUT2D eigenvalue weighted by atomic mass is 32.1. The summed E-state index contributed by atoms with van der Waals surface area (Å²) in [6.45, 7) is 4.89. The van der Waals surface area contributed by atoms with E-state index < -0.39 is 64.6 Å². The Morgan fingerprint density at radius 2 is 1.76 bits per heavy atom. The van der Waals surface area contributed by atoms with Crippen LogP contribution in [-0.2, 0) is 26.9 Å². The highest BCUT2D eigenvalue weighted by Crippen LogP contribution is 2.50. The van der Waals surface area contributed by atoms with E-state index >= 15 is 0 Å². The average molecular weight is 657 g/mol. The second-order valence-corrected chi connectivity index (χ2v) is 12.7. The van der Waals surface area contributed by atoms with Crippen LogP contribution in [0.2, 0.25) is 0 Å². The van der Waals surface area contributed by atoms with E-state index in [0.29, 0.717) is 29.9 Å². The number of carbonyl (C=O) groups is 3. The van der Waals surface area contributed by atoms with Crippen molar-refractivity contribution in [2.45, 2.75) is 76.0 Å². The monoisotopic (exact) mass is 656 g/mol. The number of hydrogen-bond donors (Lipinski definition) is 3. The molecule has 2 saturated heterocycles. The number of halogens is 5. The van der Waals surface area contributed by atoms with Crippen molar-refractivity contribution < 1.29 is 45.8 Å². The van der Waals surface area contributed by atoms with Crippen LogP contribution in [0.25, 0.3) is 10.6 Å². The highest BCUT2D eigenvalue weighted by Gasteiger charge is 2.53. The zero-order valence-corrected chi connectivity index (χ0v) is 25.3. The van der Waals surface area contributed by atoms with E-state index in [-0.39, 0.29) is 34.2 Å². The van der Waals surface area contributed by atoms with E-state index in [1.54, 1.807) is 27.8 Å². The van der Waals surface area contributed by atoms with E-state index in [1.807, 2.05) is 5.32 Å². The van der Waals surface area contributed by atoms with Gasteiger partial charge in [-0.15, -0.1) is 0 Å². The molecular formula is C28H29F5N6O5S. The number of carbonyl (C=O) groups excluding carboxylic acids is 3. The molecule has 1 aromatic carbocycles. The topological polar surface area (TPSA) is 136 Å². The third-order valence-corrected chi connectivity index (χ3v) is 8.33. The SMILES string of the molecule is Cn1ncc(NC(=O)c2nc(-c3c(F)cccc3F)sc2NC(=O)OC(C)(C)C)c1[C@@]12CC[C@@H](NC(=O)C(F)(F)F)[C@@H](CC1)O2. The van der Waals surface area contributed by atoms with Gasteiger partial charge in [0.05, 0.1) is 35.3 Å². The van der Waals surface area contributed by atoms with E-state index in [4.69, 9.17) is 9.47 Å². The summed E-state index contributed by atoms with van der Waals surface area (Å²) in [5.74, 6) is -4.75. The fourth-order valence-corrected chi connectivity index (χ4v) is 6.54. The van der Waals surface area contributed by atoms with Crippen LogP contribution in [0.15, 0.2) is 24.4 Å². The Hall–Kier alpha value is -4.12. The summed E-state index contributed by atoms with van der Waals surface area (Å²) < 4.78 is 80.7. The zero-order valence-electron chi connectivity index (χ0n) is 24.5. The van der Waals surface area contributed by atoms with Crippen molar-refractivity contribution >= 4 is 39.9 Å². The lowest BCUT2D eigenvalue weighted by Gasteiger charge is -2.38. The van der Waals surface area contributed by atoms with Crippen LogP contribution < -0.4 is 16.0 Å². The molecular weight excluding hydrogens is 627 g/mol. The van der Waals surface area contributed by atoms with Gasteiger partial charge in [-0.3, -0.25) is 19.6 Å². The van der Waals surface area contributed by atoms with Crippen molar-refractivity contribution in [1.29, 1.82) is 0 Å². The molecule has 0 saturated carbocycles. The number of thiazole rings is 1. The first-order valence-electron chi connectivity index (χ1n) is 13.8. The van der Waals surface area contributed by atoms with E-state index in [2.05, 4.69) is 20.7 Å². The van der Waals surface area contributed by atoms with Crippen molar-refractivity contribution in [2.75, 3.05) is 10.6 Å². The lowest BCUT2D eigenvalue weighted by atomic mass is 9.89. The first-order chi connectivity index (χ1) is 21.0. The summed E-state index contributed by atoms with van der Waals surface area (Å²) in [6.07, 6.45) is -4.21. The molecule has 4 heterocycles. The fourth-order valence-electron chi connectivity index (χ4n) is 5.55. The number of rotatable bonds is 6. The summed E-state index contributed by atoms with van der Waals surface area (Å²) >= 11 is 0.665. The van der Waals surface area contributed by atoms with E-state index in [1.165, 1.54) is 16.9 Å². The lowest BCUT2D eigenvalue weighted by molar-refractivity contribution is -0.177. The van der Waals surface area contributed by atoms with Crippen molar-refractivity contribution in [3.05, 3.63) is 47.4 Å². The molecule has 2 aliphatic rings. The number of fused-ring (bicyclic) bond motifs is 2. The van der Waals surface area contributed by atoms with Crippen LogP contribution in [0.5, 0.6) is 0 Å². The molecule has 17 heteroatoms. The normalized spacial score (nSPS) is 21.4. The third-order valence-electron chi connectivity index (χ3n) is 7.34. The molecule has 2 bridgehead atoms. The molecule has 3 aromatic rings. The first-order valence-corrected chi connectivity index (χ1v) is 14.6. The molecule has 2 aromatic heterocycles. The van der Waals surface area contributed by atoms with Crippen molar-refractivity contribution in [1.82, 2.24) is 20.1 Å². The molecule has 11 nitrogen and oxygen atoms in total. The van der Waals surface area contributed by atoms with Gasteiger partial charge in [-0.2, -0.15) is 18.3 Å². The fraction of sp³-hybridized carbons (Fsp3) is 0.464.